The molecule has 1 heterocycles. The summed E-state index contributed by atoms with van der Waals surface area (Å²) >= 11 is 0. The van der Waals surface area contributed by atoms with Crippen molar-refractivity contribution < 1.29 is 4.74 Å². The number of hydrogen-bond acceptors (Lipinski definition) is 2. The molecule has 0 aromatic heterocycles. The maximum absolute atomic E-state index is 6.03. The summed E-state index contributed by atoms with van der Waals surface area (Å²) in [6.07, 6.45) is 0. The van der Waals surface area contributed by atoms with E-state index in [1.54, 1.807) is 0 Å². The van der Waals surface area contributed by atoms with Crippen LogP contribution in [0.5, 0.6) is 0 Å². The van der Waals surface area contributed by atoms with Gasteiger partial charge in [-0.1, -0.05) is 39.0 Å². The van der Waals surface area contributed by atoms with E-state index in [0.29, 0.717) is 13.2 Å². The SMILES string of the molecule is CC(C)(C)c1ccc2c(c1)C(N)COC2.Cl. The largest absolute Gasteiger partial charge is 0.375 e. The van der Waals surface area contributed by atoms with Crippen LogP contribution in [0, 0.1) is 0 Å². The van der Waals surface area contributed by atoms with Gasteiger partial charge in [-0.15, -0.1) is 12.4 Å². The van der Waals surface area contributed by atoms with E-state index in [9.17, 15) is 0 Å². The van der Waals surface area contributed by atoms with Crippen LogP contribution >= 0.6 is 12.4 Å². The van der Waals surface area contributed by atoms with E-state index in [2.05, 4.69) is 39.0 Å². The normalized spacial score (nSPS) is 19.9. The zero-order valence-electron chi connectivity index (χ0n) is 10.1. The highest BCUT2D eigenvalue weighted by Crippen LogP contribution is 2.29. The standard InChI is InChI=1S/C13H19NO.ClH/c1-13(2,3)10-5-4-9-7-15-8-12(14)11(9)6-10;/h4-6,12H,7-8,14H2,1-3H3;1H. The molecule has 1 unspecified atom stereocenters. The Kier molecular flexibility index (Phi) is 4.00. The second-order valence-electron chi connectivity index (χ2n) is 5.29. The highest BCUT2D eigenvalue weighted by atomic mass is 35.5. The van der Waals surface area contributed by atoms with Crippen molar-refractivity contribution >= 4 is 12.4 Å². The molecule has 0 bridgehead atoms. The summed E-state index contributed by atoms with van der Waals surface area (Å²) < 4.78 is 5.41. The highest BCUT2D eigenvalue weighted by Gasteiger charge is 2.20. The van der Waals surface area contributed by atoms with Crippen LogP contribution in [0.4, 0.5) is 0 Å². The third-order valence-electron chi connectivity index (χ3n) is 2.97. The van der Waals surface area contributed by atoms with Gasteiger partial charge in [-0.05, 0) is 22.1 Å². The molecule has 90 valence electrons. The van der Waals surface area contributed by atoms with Crippen molar-refractivity contribution in [2.45, 2.75) is 38.8 Å². The van der Waals surface area contributed by atoms with Crippen molar-refractivity contribution in [3.8, 4) is 0 Å². The molecule has 0 fully saturated rings. The monoisotopic (exact) mass is 241 g/mol. The zero-order valence-corrected chi connectivity index (χ0v) is 10.9. The Hall–Kier alpha value is -0.570. The van der Waals surface area contributed by atoms with Gasteiger partial charge in [-0.2, -0.15) is 0 Å². The second-order valence-corrected chi connectivity index (χ2v) is 5.29. The number of fused-ring (bicyclic) bond motifs is 1. The zero-order chi connectivity index (χ0) is 11.1. The van der Waals surface area contributed by atoms with E-state index >= 15 is 0 Å². The van der Waals surface area contributed by atoms with Crippen LogP contribution in [0.15, 0.2) is 18.2 Å². The van der Waals surface area contributed by atoms with E-state index < -0.39 is 0 Å². The minimum atomic E-state index is 0. The van der Waals surface area contributed by atoms with Crippen LogP contribution < -0.4 is 5.73 Å². The molecule has 2 nitrogen and oxygen atoms in total. The molecule has 0 saturated heterocycles. The molecule has 2 rings (SSSR count). The summed E-state index contributed by atoms with van der Waals surface area (Å²) in [5.41, 5.74) is 10.1. The average molecular weight is 242 g/mol. The van der Waals surface area contributed by atoms with Gasteiger partial charge in [0.2, 0.25) is 0 Å². The van der Waals surface area contributed by atoms with Crippen LogP contribution in [0.25, 0.3) is 0 Å². The Labute approximate surface area is 104 Å². The lowest BCUT2D eigenvalue weighted by Gasteiger charge is -2.26. The first-order valence-corrected chi connectivity index (χ1v) is 5.45. The number of nitrogens with two attached hydrogens (primary N) is 1. The van der Waals surface area contributed by atoms with Crippen molar-refractivity contribution in [1.29, 1.82) is 0 Å². The summed E-state index contributed by atoms with van der Waals surface area (Å²) in [6, 6.07) is 6.61. The third-order valence-corrected chi connectivity index (χ3v) is 2.97. The summed E-state index contributed by atoms with van der Waals surface area (Å²) in [6.45, 7) is 8.01. The smallest absolute Gasteiger partial charge is 0.0721 e. The van der Waals surface area contributed by atoms with Gasteiger partial charge in [-0.25, -0.2) is 0 Å². The van der Waals surface area contributed by atoms with Crippen LogP contribution in [0.2, 0.25) is 0 Å². The predicted octanol–water partition coefficient (Wildman–Crippen LogP) is 2.94. The number of rotatable bonds is 0. The Morgan fingerprint density at radius 3 is 2.62 bits per heavy atom. The summed E-state index contributed by atoms with van der Waals surface area (Å²) in [5.74, 6) is 0. The number of benzene rings is 1. The molecular weight excluding hydrogens is 222 g/mol. The molecular formula is C13H20ClNO. The van der Waals surface area contributed by atoms with E-state index in [4.69, 9.17) is 10.5 Å². The van der Waals surface area contributed by atoms with E-state index in [1.165, 1.54) is 16.7 Å². The minimum absolute atomic E-state index is 0. The van der Waals surface area contributed by atoms with Gasteiger partial charge in [0.15, 0.2) is 0 Å². The lowest BCUT2D eigenvalue weighted by molar-refractivity contribution is 0.0923. The molecule has 0 aliphatic carbocycles. The van der Waals surface area contributed by atoms with Gasteiger partial charge in [-0.3, -0.25) is 0 Å². The van der Waals surface area contributed by atoms with Crippen molar-refractivity contribution in [2.24, 2.45) is 5.73 Å². The van der Waals surface area contributed by atoms with Crippen LogP contribution in [0.3, 0.4) is 0 Å². The number of halogens is 1. The molecule has 3 heteroatoms. The molecule has 0 amide bonds. The lowest BCUT2D eigenvalue weighted by Crippen LogP contribution is -2.24. The maximum Gasteiger partial charge on any atom is 0.0721 e. The Bertz CT molecular complexity index is 371. The lowest BCUT2D eigenvalue weighted by atomic mass is 9.84. The molecule has 0 spiro atoms. The molecule has 0 radical (unpaired) electrons. The van der Waals surface area contributed by atoms with Crippen LogP contribution in [-0.4, -0.2) is 6.61 Å². The number of ether oxygens (including phenoxy) is 1. The number of hydrogen-bond donors (Lipinski definition) is 1. The van der Waals surface area contributed by atoms with Crippen molar-refractivity contribution in [1.82, 2.24) is 0 Å². The fraction of sp³-hybridized carbons (Fsp3) is 0.538. The van der Waals surface area contributed by atoms with Crippen molar-refractivity contribution in [2.75, 3.05) is 6.61 Å². The van der Waals surface area contributed by atoms with Gasteiger partial charge < -0.3 is 10.5 Å². The van der Waals surface area contributed by atoms with Gasteiger partial charge in [0, 0.05) is 0 Å². The minimum Gasteiger partial charge on any atom is -0.375 e. The third kappa shape index (κ3) is 2.57. The van der Waals surface area contributed by atoms with Crippen LogP contribution in [0.1, 0.15) is 43.5 Å². The van der Waals surface area contributed by atoms with E-state index in [0.717, 1.165) is 0 Å². The Morgan fingerprint density at radius 2 is 2.00 bits per heavy atom. The van der Waals surface area contributed by atoms with Gasteiger partial charge in [0.25, 0.3) is 0 Å². The topological polar surface area (TPSA) is 35.2 Å². The molecule has 2 N–H and O–H groups in total. The molecule has 0 saturated carbocycles. The predicted molar refractivity (Wildman–Crippen MR) is 69.0 cm³/mol. The summed E-state index contributed by atoms with van der Waals surface area (Å²) in [5, 5.41) is 0. The Balaban J connectivity index is 0.00000128. The van der Waals surface area contributed by atoms with Gasteiger partial charge in [0.05, 0.1) is 19.3 Å². The molecule has 16 heavy (non-hydrogen) atoms. The molecule has 1 aliphatic rings. The first-order chi connectivity index (χ1) is 6.98. The second kappa shape index (κ2) is 4.74. The molecule has 1 aliphatic heterocycles. The first kappa shape index (κ1) is 13.5. The molecule has 1 aromatic rings. The van der Waals surface area contributed by atoms with Gasteiger partial charge >= 0.3 is 0 Å². The Morgan fingerprint density at radius 1 is 1.31 bits per heavy atom. The maximum atomic E-state index is 6.03. The van der Waals surface area contributed by atoms with Gasteiger partial charge in [0.1, 0.15) is 0 Å². The average Bonchev–Trinajstić information content (AvgIpc) is 2.16. The molecule has 1 atom stereocenters. The van der Waals surface area contributed by atoms with Crippen LogP contribution in [-0.2, 0) is 16.8 Å². The highest BCUT2D eigenvalue weighted by molar-refractivity contribution is 5.85. The quantitative estimate of drug-likeness (QED) is 0.758. The van der Waals surface area contributed by atoms with E-state index in [1.807, 2.05) is 0 Å². The summed E-state index contributed by atoms with van der Waals surface area (Å²) in [7, 11) is 0. The molecule has 1 aromatic carbocycles. The first-order valence-electron chi connectivity index (χ1n) is 5.45. The van der Waals surface area contributed by atoms with E-state index in [-0.39, 0.29) is 23.9 Å². The fourth-order valence-corrected chi connectivity index (χ4v) is 1.92. The van der Waals surface area contributed by atoms with Crippen molar-refractivity contribution in [3.05, 3.63) is 34.9 Å². The summed E-state index contributed by atoms with van der Waals surface area (Å²) in [4.78, 5) is 0. The fourth-order valence-electron chi connectivity index (χ4n) is 1.92. The van der Waals surface area contributed by atoms with Crippen molar-refractivity contribution in [3.63, 3.8) is 0 Å².